The van der Waals surface area contributed by atoms with Gasteiger partial charge in [0.2, 0.25) is 0 Å². The van der Waals surface area contributed by atoms with E-state index in [1.54, 1.807) is 13.0 Å². The number of halogens is 2. The highest BCUT2D eigenvalue weighted by atomic mass is 79.9. The summed E-state index contributed by atoms with van der Waals surface area (Å²) in [6.07, 6.45) is 0. The van der Waals surface area contributed by atoms with Gasteiger partial charge in [0.05, 0.1) is 0 Å². The first-order valence-corrected chi connectivity index (χ1v) is 3.83. The molecular formula is C8H8BrF. The summed E-state index contributed by atoms with van der Waals surface area (Å²) < 4.78 is 13.6. The van der Waals surface area contributed by atoms with Crippen molar-refractivity contribution in [3.8, 4) is 0 Å². The Hall–Kier alpha value is -0.370. The van der Waals surface area contributed by atoms with E-state index in [2.05, 4.69) is 15.9 Å². The Morgan fingerprint density at radius 1 is 1.30 bits per heavy atom. The normalized spacial score (nSPS) is 10.0. The molecule has 2 heteroatoms. The molecule has 0 aliphatic rings. The molecule has 0 aliphatic heterocycles. The first kappa shape index (κ1) is 7.73. The average Bonchev–Trinajstić information content (AvgIpc) is 1.93. The third-order valence-electron chi connectivity index (χ3n) is 1.51. The van der Waals surface area contributed by atoms with E-state index in [9.17, 15) is 4.39 Å². The maximum Gasteiger partial charge on any atom is 0.127 e. The summed E-state index contributed by atoms with van der Waals surface area (Å²) in [5.74, 6) is -0.155. The third-order valence-corrected chi connectivity index (χ3v) is 2.73. The van der Waals surface area contributed by atoms with E-state index >= 15 is 0 Å². The van der Waals surface area contributed by atoms with Gasteiger partial charge >= 0.3 is 0 Å². The lowest BCUT2D eigenvalue weighted by molar-refractivity contribution is 0.616. The Bertz CT molecular complexity index is 229. The fraction of sp³-hybridized carbons (Fsp3) is 0.250. The van der Waals surface area contributed by atoms with Crippen LogP contribution in [-0.4, -0.2) is 0 Å². The summed E-state index contributed by atoms with van der Waals surface area (Å²) in [7, 11) is 0. The molecule has 0 unspecified atom stereocenters. The van der Waals surface area contributed by atoms with E-state index in [0.29, 0.717) is 5.56 Å². The van der Waals surface area contributed by atoms with Crippen LogP contribution in [0, 0.1) is 19.7 Å². The van der Waals surface area contributed by atoms with E-state index in [4.69, 9.17) is 0 Å². The molecule has 1 aromatic rings. The van der Waals surface area contributed by atoms with Gasteiger partial charge in [-0.15, -0.1) is 0 Å². The van der Waals surface area contributed by atoms with Gasteiger partial charge in [-0.1, -0.05) is 22.0 Å². The second-order valence-corrected chi connectivity index (χ2v) is 3.10. The van der Waals surface area contributed by atoms with Crippen molar-refractivity contribution in [1.82, 2.24) is 0 Å². The van der Waals surface area contributed by atoms with Crippen molar-refractivity contribution in [2.75, 3.05) is 0 Å². The van der Waals surface area contributed by atoms with Gasteiger partial charge < -0.3 is 0 Å². The predicted molar refractivity (Wildman–Crippen MR) is 43.6 cm³/mol. The first-order chi connectivity index (χ1) is 4.63. The van der Waals surface area contributed by atoms with Crippen molar-refractivity contribution < 1.29 is 4.39 Å². The number of benzene rings is 1. The molecule has 0 amide bonds. The van der Waals surface area contributed by atoms with Gasteiger partial charge in [-0.2, -0.15) is 0 Å². The van der Waals surface area contributed by atoms with Crippen LogP contribution in [0.1, 0.15) is 11.1 Å². The highest BCUT2D eigenvalue weighted by Crippen LogP contribution is 2.22. The second-order valence-electron chi connectivity index (χ2n) is 2.30. The third kappa shape index (κ3) is 1.21. The summed E-state index contributed by atoms with van der Waals surface area (Å²) in [6, 6.07) is 3.24. The van der Waals surface area contributed by atoms with Crippen molar-refractivity contribution >= 4 is 15.9 Å². The predicted octanol–water partition coefficient (Wildman–Crippen LogP) is 3.21. The van der Waals surface area contributed by atoms with Crippen LogP contribution in [0.3, 0.4) is 0 Å². The molecule has 0 fully saturated rings. The molecule has 0 nitrogen and oxygen atoms in total. The average molecular weight is 203 g/mol. The van der Waals surface area contributed by atoms with E-state index in [1.807, 2.05) is 6.92 Å². The standard InChI is InChI=1S/C8H8BrF/c1-5-3-4-7(10)6(2)8(5)9/h3-4H,1-2H3. The van der Waals surface area contributed by atoms with E-state index in [1.165, 1.54) is 6.07 Å². The van der Waals surface area contributed by atoms with Crippen molar-refractivity contribution in [2.45, 2.75) is 13.8 Å². The van der Waals surface area contributed by atoms with Gasteiger partial charge in [0.25, 0.3) is 0 Å². The summed E-state index contributed by atoms with van der Waals surface area (Å²) in [4.78, 5) is 0. The van der Waals surface area contributed by atoms with Crippen LogP contribution in [0.15, 0.2) is 16.6 Å². The Morgan fingerprint density at radius 3 is 2.40 bits per heavy atom. The molecule has 10 heavy (non-hydrogen) atoms. The lowest BCUT2D eigenvalue weighted by atomic mass is 10.1. The summed E-state index contributed by atoms with van der Waals surface area (Å²) in [5, 5.41) is 0. The zero-order valence-electron chi connectivity index (χ0n) is 5.91. The molecule has 0 spiro atoms. The van der Waals surface area contributed by atoms with E-state index in [0.717, 1.165) is 10.0 Å². The van der Waals surface area contributed by atoms with Crippen molar-refractivity contribution in [1.29, 1.82) is 0 Å². The SMILES string of the molecule is Cc1ccc(F)c(C)c1Br. The quantitative estimate of drug-likeness (QED) is 0.607. The minimum atomic E-state index is -0.155. The molecule has 0 saturated carbocycles. The zero-order valence-corrected chi connectivity index (χ0v) is 7.50. The van der Waals surface area contributed by atoms with Gasteiger partial charge in [0, 0.05) is 4.47 Å². The maximum absolute atomic E-state index is 12.7. The van der Waals surface area contributed by atoms with Crippen molar-refractivity contribution in [2.24, 2.45) is 0 Å². The van der Waals surface area contributed by atoms with Crippen LogP contribution < -0.4 is 0 Å². The number of rotatable bonds is 0. The fourth-order valence-corrected chi connectivity index (χ4v) is 1.12. The molecule has 1 aromatic carbocycles. The van der Waals surface area contributed by atoms with Crippen LogP contribution in [0.2, 0.25) is 0 Å². The molecule has 0 atom stereocenters. The highest BCUT2D eigenvalue weighted by Gasteiger charge is 2.02. The van der Waals surface area contributed by atoms with Gasteiger partial charge in [0.15, 0.2) is 0 Å². The second kappa shape index (κ2) is 2.70. The van der Waals surface area contributed by atoms with Gasteiger partial charge in [-0.3, -0.25) is 0 Å². The van der Waals surface area contributed by atoms with Gasteiger partial charge in [-0.25, -0.2) is 4.39 Å². The Kier molecular flexibility index (Phi) is 2.09. The summed E-state index contributed by atoms with van der Waals surface area (Å²) >= 11 is 3.29. The largest absolute Gasteiger partial charge is 0.207 e. The summed E-state index contributed by atoms with van der Waals surface area (Å²) in [5.41, 5.74) is 1.75. The topological polar surface area (TPSA) is 0 Å². The van der Waals surface area contributed by atoms with E-state index in [-0.39, 0.29) is 5.82 Å². The van der Waals surface area contributed by atoms with Crippen molar-refractivity contribution in [3.63, 3.8) is 0 Å². The Morgan fingerprint density at radius 2 is 1.90 bits per heavy atom. The number of hydrogen-bond donors (Lipinski definition) is 0. The molecule has 0 bridgehead atoms. The maximum atomic E-state index is 12.7. The van der Waals surface area contributed by atoms with Crippen LogP contribution in [-0.2, 0) is 0 Å². The van der Waals surface area contributed by atoms with Gasteiger partial charge in [0.1, 0.15) is 5.82 Å². The van der Waals surface area contributed by atoms with Crippen LogP contribution in [0.25, 0.3) is 0 Å². The molecule has 0 heterocycles. The molecule has 0 saturated heterocycles. The number of hydrogen-bond acceptors (Lipinski definition) is 0. The fourth-order valence-electron chi connectivity index (χ4n) is 0.797. The zero-order chi connectivity index (χ0) is 7.72. The minimum absolute atomic E-state index is 0.155. The molecular weight excluding hydrogens is 195 g/mol. The molecule has 0 N–H and O–H groups in total. The van der Waals surface area contributed by atoms with Crippen LogP contribution >= 0.6 is 15.9 Å². The lowest BCUT2D eigenvalue weighted by Crippen LogP contribution is -1.85. The molecule has 1 rings (SSSR count). The monoisotopic (exact) mass is 202 g/mol. The van der Waals surface area contributed by atoms with E-state index < -0.39 is 0 Å². The molecule has 0 aliphatic carbocycles. The smallest absolute Gasteiger partial charge is 0.127 e. The van der Waals surface area contributed by atoms with Crippen LogP contribution in [0.5, 0.6) is 0 Å². The van der Waals surface area contributed by atoms with Gasteiger partial charge in [-0.05, 0) is 31.0 Å². The number of aryl methyl sites for hydroxylation is 1. The van der Waals surface area contributed by atoms with Crippen LogP contribution in [0.4, 0.5) is 4.39 Å². The van der Waals surface area contributed by atoms with Crippen molar-refractivity contribution in [3.05, 3.63) is 33.5 Å². The first-order valence-electron chi connectivity index (χ1n) is 3.04. The molecule has 54 valence electrons. The summed E-state index contributed by atoms with van der Waals surface area (Å²) in [6.45, 7) is 3.70. The Balaban J connectivity index is 3.34. The minimum Gasteiger partial charge on any atom is -0.207 e. The highest BCUT2D eigenvalue weighted by molar-refractivity contribution is 9.10. The lowest BCUT2D eigenvalue weighted by Gasteiger charge is -2.01. The Labute approximate surface area is 68.2 Å². The molecule has 0 radical (unpaired) electrons. The molecule has 0 aromatic heterocycles.